The summed E-state index contributed by atoms with van der Waals surface area (Å²) in [5.41, 5.74) is 0. The fraction of sp³-hybridized carbons (Fsp3) is 0.909. The largest absolute Gasteiger partial charge is 0.355 e. The lowest BCUT2D eigenvalue weighted by atomic mass is 10.3. The first-order chi connectivity index (χ1) is 8.41. The van der Waals surface area contributed by atoms with Gasteiger partial charge < -0.3 is 15.5 Å². The van der Waals surface area contributed by atoms with Crippen LogP contribution < -0.4 is 10.6 Å². The Morgan fingerprint density at radius 3 is 2.56 bits per heavy atom. The van der Waals surface area contributed by atoms with E-state index in [1.54, 1.807) is 0 Å². The number of piperazine rings is 1. The minimum atomic E-state index is -3.29. The normalized spacial score (nSPS) is 19.4. The van der Waals surface area contributed by atoms with Crippen molar-refractivity contribution in [3.05, 3.63) is 0 Å². The molecule has 106 valence electrons. The summed E-state index contributed by atoms with van der Waals surface area (Å²) in [5, 5.41) is 4.98. The van der Waals surface area contributed by atoms with Crippen LogP contribution in [0, 0.1) is 0 Å². The molecule has 18 heavy (non-hydrogen) atoms. The highest BCUT2D eigenvalue weighted by atomic mass is 32.2. The third-order valence-electron chi connectivity index (χ3n) is 3.17. The van der Waals surface area contributed by atoms with Gasteiger partial charge in [-0.3, -0.25) is 4.79 Å². The van der Waals surface area contributed by atoms with Crippen molar-refractivity contribution in [2.75, 3.05) is 45.5 Å². The van der Waals surface area contributed by atoms with Crippen LogP contribution in [0.1, 0.15) is 13.3 Å². The topological polar surface area (TPSA) is 78.5 Å². The zero-order valence-corrected chi connectivity index (χ0v) is 11.9. The number of carbonyl (C=O) groups is 1. The summed E-state index contributed by atoms with van der Waals surface area (Å²) in [4.78, 5) is 13.9. The van der Waals surface area contributed by atoms with Crippen LogP contribution in [0.5, 0.6) is 0 Å². The number of rotatable bonds is 6. The van der Waals surface area contributed by atoms with E-state index in [9.17, 15) is 13.2 Å². The molecule has 2 N–H and O–H groups in total. The maximum Gasteiger partial charge on any atom is 0.238 e. The number of nitrogens with one attached hydrogen (secondary N) is 2. The highest BCUT2D eigenvalue weighted by Crippen LogP contribution is 1.98. The van der Waals surface area contributed by atoms with Crippen LogP contribution in [-0.2, 0) is 14.6 Å². The van der Waals surface area contributed by atoms with Crippen LogP contribution in [0.15, 0.2) is 0 Å². The Kier molecular flexibility index (Phi) is 6.04. The van der Waals surface area contributed by atoms with Crippen molar-refractivity contribution in [1.29, 1.82) is 0 Å². The monoisotopic (exact) mass is 277 g/mol. The van der Waals surface area contributed by atoms with Gasteiger partial charge in [-0.25, -0.2) is 8.42 Å². The molecule has 1 fully saturated rings. The molecule has 0 saturated carbocycles. The Morgan fingerprint density at radius 2 is 2.00 bits per heavy atom. The third-order valence-corrected chi connectivity index (χ3v) is 4.67. The molecule has 1 unspecified atom stereocenters. The van der Waals surface area contributed by atoms with Crippen LogP contribution in [0.4, 0.5) is 0 Å². The SMILES string of the molecule is CC(C(=O)NCCCN1CCNCC1)S(C)(=O)=O. The van der Waals surface area contributed by atoms with Crippen LogP contribution >= 0.6 is 0 Å². The maximum atomic E-state index is 11.5. The summed E-state index contributed by atoms with van der Waals surface area (Å²) in [6, 6.07) is 0. The Morgan fingerprint density at radius 1 is 1.39 bits per heavy atom. The first kappa shape index (κ1) is 15.4. The summed E-state index contributed by atoms with van der Waals surface area (Å²) in [6.45, 7) is 6.98. The number of hydrogen-bond acceptors (Lipinski definition) is 5. The Labute approximate surface area is 109 Å². The molecule has 7 heteroatoms. The first-order valence-corrected chi connectivity index (χ1v) is 8.26. The van der Waals surface area contributed by atoms with Gasteiger partial charge in [0.2, 0.25) is 5.91 Å². The molecule has 1 aliphatic heterocycles. The Bertz CT molecular complexity index is 364. The van der Waals surface area contributed by atoms with Crippen molar-refractivity contribution in [2.24, 2.45) is 0 Å². The number of carbonyl (C=O) groups excluding carboxylic acids is 1. The maximum absolute atomic E-state index is 11.5. The fourth-order valence-electron chi connectivity index (χ4n) is 1.79. The molecule has 1 heterocycles. The fourth-order valence-corrected chi connectivity index (χ4v) is 2.26. The molecule has 1 atom stereocenters. The summed E-state index contributed by atoms with van der Waals surface area (Å²) in [6.07, 6.45) is 1.93. The molecular weight excluding hydrogens is 254 g/mol. The predicted octanol–water partition coefficient (Wildman–Crippen LogP) is -1.17. The highest BCUT2D eigenvalue weighted by Gasteiger charge is 2.22. The van der Waals surface area contributed by atoms with E-state index in [1.807, 2.05) is 0 Å². The van der Waals surface area contributed by atoms with Crippen LogP contribution in [0.25, 0.3) is 0 Å². The van der Waals surface area contributed by atoms with Gasteiger partial charge in [0, 0.05) is 39.0 Å². The van der Waals surface area contributed by atoms with Crippen molar-refractivity contribution < 1.29 is 13.2 Å². The average Bonchev–Trinajstić information content (AvgIpc) is 2.33. The van der Waals surface area contributed by atoms with Crippen LogP contribution in [0.3, 0.4) is 0 Å². The van der Waals surface area contributed by atoms with E-state index < -0.39 is 21.0 Å². The van der Waals surface area contributed by atoms with Crippen molar-refractivity contribution in [3.63, 3.8) is 0 Å². The lowest BCUT2D eigenvalue weighted by molar-refractivity contribution is -0.120. The van der Waals surface area contributed by atoms with E-state index in [1.165, 1.54) is 6.92 Å². The average molecular weight is 277 g/mol. The molecule has 1 amide bonds. The van der Waals surface area contributed by atoms with Crippen LogP contribution in [0.2, 0.25) is 0 Å². The van der Waals surface area contributed by atoms with Gasteiger partial charge >= 0.3 is 0 Å². The van der Waals surface area contributed by atoms with Gasteiger partial charge in [-0.15, -0.1) is 0 Å². The minimum absolute atomic E-state index is 0.405. The van der Waals surface area contributed by atoms with Gasteiger partial charge in [-0.1, -0.05) is 0 Å². The lowest BCUT2D eigenvalue weighted by Gasteiger charge is -2.27. The summed E-state index contributed by atoms with van der Waals surface area (Å²) in [5.74, 6) is -0.405. The standard InChI is InChI=1S/C11H23N3O3S/c1-10(18(2,16)17)11(15)13-4-3-7-14-8-5-12-6-9-14/h10,12H,3-9H2,1-2H3,(H,13,15). The van der Waals surface area contributed by atoms with E-state index in [0.717, 1.165) is 45.4 Å². The van der Waals surface area contributed by atoms with Crippen molar-refractivity contribution >= 4 is 15.7 Å². The first-order valence-electron chi connectivity index (χ1n) is 6.31. The van der Waals surface area contributed by atoms with Crippen molar-refractivity contribution in [2.45, 2.75) is 18.6 Å². The van der Waals surface area contributed by atoms with Gasteiger partial charge in [-0.05, 0) is 19.9 Å². The minimum Gasteiger partial charge on any atom is -0.355 e. The lowest BCUT2D eigenvalue weighted by Crippen LogP contribution is -2.44. The second-order valence-electron chi connectivity index (χ2n) is 4.71. The summed E-state index contributed by atoms with van der Waals surface area (Å²) in [7, 11) is -3.29. The highest BCUT2D eigenvalue weighted by molar-refractivity contribution is 7.92. The van der Waals surface area contributed by atoms with Crippen LogP contribution in [-0.4, -0.2) is 70.0 Å². The molecule has 0 radical (unpaired) electrons. The van der Waals surface area contributed by atoms with Gasteiger partial charge in [-0.2, -0.15) is 0 Å². The second-order valence-corrected chi connectivity index (χ2v) is 7.07. The molecular formula is C11H23N3O3S. The molecule has 0 bridgehead atoms. The zero-order chi connectivity index (χ0) is 13.6. The number of sulfone groups is 1. The molecule has 1 saturated heterocycles. The van der Waals surface area contributed by atoms with Gasteiger partial charge in [0.25, 0.3) is 0 Å². The van der Waals surface area contributed by atoms with E-state index in [2.05, 4.69) is 15.5 Å². The van der Waals surface area contributed by atoms with Gasteiger partial charge in [0.05, 0.1) is 0 Å². The Balaban J connectivity index is 2.15. The third kappa shape index (κ3) is 5.32. The van der Waals surface area contributed by atoms with E-state index in [-0.39, 0.29) is 0 Å². The zero-order valence-electron chi connectivity index (χ0n) is 11.1. The van der Waals surface area contributed by atoms with Crippen molar-refractivity contribution in [3.8, 4) is 0 Å². The molecule has 1 rings (SSSR count). The number of nitrogens with zero attached hydrogens (tertiary/aromatic N) is 1. The smallest absolute Gasteiger partial charge is 0.238 e. The van der Waals surface area contributed by atoms with Gasteiger partial charge in [0.15, 0.2) is 9.84 Å². The van der Waals surface area contributed by atoms with Gasteiger partial charge in [0.1, 0.15) is 5.25 Å². The van der Waals surface area contributed by atoms with E-state index in [4.69, 9.17) is 0 Å². The van der Waals surface area contributed by atoms with E-state index in [0.29, 0.717) is 6.54 Å². The summed E-state index contributed by atoms with van der Waals surface area (Å²) < 4.78 is 22.4. The molecule has 1 aliphatic rings. The predicted molar refractivity (Wildman–Crippen MR) is 71.2 cm³/mol. The van der Waals surface area contributed by atoms with E-state index >= 15 is 0 Å². The molecule has 0 spiro atoms. The Hall–Kier alpha value is -0.660. The number of amides is 1. The number of hydrogen-bond donors (Lipinski definition) is 2. The molecule has 0 aromatic heterocycles. The molecule has 6 nitrogen and oxygen atoms in total. The molecule has 0 aromatic carbocycles. The summed E-state index contributed by atoms with van der Waals surface area (Å²) >= 11 is 0. The quantitative estimate of drug-likeness (QED) is 0.598. The molecule has 0 aromatic rings. The van der Waals surface area contributed by atoms with Crippen molar-refractivity contribution in [1.82, 2.24) is 15.5 Å². The molecule has 0 aliphatic carbocycles. The second kappa shape index (κ2) is 7.06.